The van der Waals surface area contributed by atoms with Crippen LogP contribution in [0.3, 0.4) is 0 Å². The van der Waals surface area contributed by atoms with Crippen LogP contribution in [-0.4, -0.2) is 50.5 Å². The number of hydrogen-bond donors (Lipinski definition) is 1. The largest absolute Gasteiger partial charge is 0.354 e. The van der Waals surface area contributed by atoms with Crippen molar-refractivity contribution in [3.63, 3.8) is 0 Å². The average Bonchev–Trinajstić information content (AvgIpc) is 2.79. The molecular formula is C24H30Cl2FN3O4S. The van der Waals surface area contributed by atoms with Gasteiger partial charge in [0, 0.05) is 41.7 Å². The summed E-state index contributed by atoms with van der Waals surface area (Å²) in [7, 11) is -3.79. The second-order valence-electron chi connectivity index (χ2n) is 8.08. The Bertz CT molecular complexity index is 1130. The lowest BCUT2D eigenvalue weighted by Crippen LogP contribution is -2.48. The van der Waals surface area contributed by atoms with E-state index in [-0.39, 0.29) is 43.4 Å². The summed E-state index contributed by atoms with van der Waals surface area (Å²) < 4.78 is 39.8. The fraction of sp³-hybridized carbons (Fsp3) is 0.417. The van der Waals surface area contributed by atoms with E-state index in [1.165, 1.54) is 29.2 Å². The number of amides is 2. The number of carbonyl (C=O) groups is 2. The molecule has 7 nitrogen and oxygen atoms in total. The first-order valence-corrected chi connectivity index (χ1v) is 13.8. The number of anilines is 1. The highest BCUT2D eigenvalue weighted by molar-refractivity contribution is 7.92. The van der Waals surface area contributed by atoms with Crippen molar-refractivity contribution in [1.29, 1.82) is 0 Å². The number of rotatable bonds is 12. The zero-order chi connectivity index (χ0) is 26.2. The maximum absolute atomic E-state index is 14.2. The van der Waals surface area contributed by atoms with Crippen LogP contribution in [0.1, 0.15) is 38.7 Å². The van der Waals surface area contributed by atoms with Crippen LogP contribution >= 0.6 is 23.2 Å². The molecule has 0 aliphatic heterocycles. The summed E-state index contributed by atoms with van der Waals surface area (Å²) in [5.74, 6) is -1.39. The van der Waals surface area contributed by atoms with Gasteiger partial charge >= 0.3 is 0 Å². The molecule has 0 saturated carbocycles. The first kappa shape index (κ1) is 28.9. The van der Waals surface area contributed by atoms with Gasteiger partial charge in [-0.2, -0.15) is 0 Å². The van der Waals surface area contributed by atoms with Gasteiger partial charge in [-0.15, -0.1) is 0 Å². The predicted octanol–water partition coefficient (Wildman–Crippen LogP) is 4.62. The summed E-state index contributed by atoms with van der Waals surface area (Å²) in [5, 5.41) is 3.50. The van der Waals surface area contributed by atoms with Crippen molar-refractivity contribution < 1.29 is 22.4 Å². The predicted molar refractivity (Wildman–Crippen MR) is 138 cm³/mol. The molecule has 2 amide bonds. The van der Waals surface area contributed by atoms with E-state index in [1.807, 2.05) is 6.92 Å². The number of hydrogen-bond acceptors (Lipinski definition) is 4. The minimum atomic E-state index is -3.79. The SMILES string of the molecule is CCCNC(=O)C(C)N(Cc1c(Cl)cccc1Cl)C(=O)CCCN(c1ccccc1F)S(C)(=O)=O. The Morgan fingerprint density at radius 3 is 2.29 bits per heavy atom. The van der Waals surface area contributed by atoms with Crippen LogP contribution in [0.5, 0.6) is 0 Å². The lowest BCUT2D eigenvalue weighted by molar-refractivity contribution is -0.140. The number of benzene rings is 2. The molecule has 2 rings (SSSR count). The zero-order valence-corrected chi connectivity index (χ0v) is 22.3. The Hall–Kier alpha value is -2.36. The fourth-order valence-electron chi connectivity index (χ4n) is 3.47. The number of sulfonamides is 1. The topological polar surface area (TPSA) is 86.8 Å². The minimum absolute atomic E-state index is 0.00115. The van der Waals surface area contributed by atoms with Crippen LogP contribution < -0.4 is 9.62 Å². The Morgan fingerprint density at radius 1 is 1.09 bits per heavy atom. The maximum Gasteiger partial charge on any atom is 0.242 e. The maximum atomic E-state index is 14.2. The molecule has 0 aromatic heterocycles. The third-order valence-electron chi connectivity index (χ3n) is 5.38. The summed E-state index contributed by atoms with van der Waals surface area (Å²) in [4.78, 5) is 27.3. The third-order valence-corrected chi connectivity index (χ3v) is 7.27. The van der Waals surface area contributed by atoms with Gasteiger partial charge in [0.25, 0.3) is 0 Å². The number of nitrogens with zero attached hydrogens (tertiary/aromatic N) is 2. The van der Waals surface area contributed by atoms with Gasteiger partial charge in [0.15, 0.2) is 0 Å². The van der Waals surface area contributed by atoms with E-state index in [0.29, 0.717) is 22.2 Å². The molecule has 0 heterocycles. The molecule has 1 unspecified atom stereocenters. The van der Waals surface area contributed by atoms with Crippen molar-refractivity contribution in [3.05, 3.63) is 63.9 Å². The monoisotopic (exact) mass is 545 g/mol. The highest BCUT2D eigenvalue weighted by atomic mass is 35.5. The van der Waals surface area contributed by atoms with E-state index in [4.69, 9.17) is 23.2 Å². The minimum Gasteiger partial charge on any atom is -0.354 e. The van der Waals surface area contributed by atoms with E-state index < -0.39 is 21.9 Å². The highest BCUT2D eigenvalue weighted by Gasteiger charge is 2.28. The lowest BCUT2D eigenvalue weighted by Gasteiger charge is -2.30. The number of halogens is 3. The summed E-state index contributed by atoms with van der Waals surface area (Å²) in [6.07, 6.45) is 1.75. The van der Waals surface area contributed by atoms with Gasteiger partial charge in [-0.1, -0.05) is 48.3 Å². The van der Waals surface area contributed by atoms with Gasteiger partial charge in [0.1, 0.15) is 11.9 Å². The molecular weight excluding hydrogens is 516 g/mol. The molecule has 11 heteroatoms. The van der Waals surface area contributed by atoms with E-state index in [1.54, 1.807) is 25.1 Å². The lowest BCUT2D eigenvalue weighted by atomic mass is 10.1. The molecule has 35 heavy (non-hydrogen) atoms. The van der Waals surface area contributed by atoms with Crippen LogP contribution in [-0.2, 0) is 26.2 Å². The molecule has 0 saturated heterocycles. The van der Waals surface area contributed by atoms with Crippen molar-refractivity contribution in [2.45, 2.75) is 45.7 Å². The van der Waals surface area contributed by atoms with Gasteiger partial charge in [0.2, 0.25) is 21.8 Å². The molecule has 0 bridgehead atoms. The molecule has 2 aromatic rings. The molecule has 0 fully saturated rings. The fourth-order valence-corrected chi connectivity index (χ4v) is 4.95. The van der Waals surface area contributed by atoms with E-state index >= 15 is 0 Å². The molecule has 0 aliphatic carbocycles. The smallest absolute Gasteiger partial charge is 0.242 e. The molecule has 1 N–H and O–H groups in total. The van der Waals surface area contributed by atoms with Gasteiger partial charge in [-0.05, 0) is 44.0 Å². The zero-order valence-electron chi connectivity index (χ0n) is 19.9. The van der Waals surface area contributed by atoms with Crippen LogP contribution in [0, 0.1) is 5.82 Å². The number of carbonyl (C=O) groups excluding carboxylic acids is 2. The molecule has 0 radical (unpaired) electrons. The van der Waals surface area contributed by atoms with Gasteiger partial charge in [-0.25, -0.2) is 12.8 Å². The summed E-state index contributed by atoms with van der Waals surface area (Å²) >= 11 is 12.6. The number of nitrogens with one attached hydrogen (secondary N) is 1. The Morgan fingerprint density at radius 2 is 1.71 bits per heavy atom. The first-order chi connectivity index (χ1) is 16.5. The highest BCUT2D eigenvalue weighted by Crippen LogP contribution is 2.27. The third kappa shape index (κ3) is 8.08. The summed E-state index contributed by atoms with van der Waals surface area (Å²) in [6.45, 7) is 3.88. The van der Waals surface area contributed by atoms with Gasteiger partial charge in [0.05, 0.1) is 11.9 Å². The molecule has 1 atom stereocenters. The van der Waals surface area contributed by atoms with Crippen LogP contribution in [0.2, 0.25) is 10.0 Å². The average molecular weight is 546 g/mol. The van der Waals surface area contributed by atoms with Crippen LogP contribution in [0.15, 0.2) is 42.5 Å². The van der Waals surface area contributed by atoms with Crippen molar-refractivity contribution in [2.75, 3.05) is 23.7 Å². The van der Waals surface area contributed by atoms with Crippen LogP contribution in [0.25, 0.3) is 0 Å². The molecule has 192 valence electrons. The second-order valence-corrected chi connectivity index (χ2v) is 10.8. The normalized spacial score (nSPS) is 12.2. The van der Waals surface area contributed by atoms with Crippen molar-refractivity contribution in [2.24, 2.45) is 0 Å². The number of para-hydroxylation sites is 1. The molecule has 0 aliphatic rings. The van der Waals surface area contributed by atoms with E-state index in [2.05, 4.69) is 5.32 Å². The van der Waals surface area contributed by atoms with Gasteiger partial charge < -0.3 is 10.2 Å². The second kappa shape index (κ2) is 13.1. The molecule has 0 spiro atoms. The summed E-state index contributed by atoms with van der Waals surface area (Å²) in [5.41, 5.74) is 0.415. The van der Waals surface area contributed by atoms with Gasteiger partial charge in [-0.3, -0.25) is 13.9 Å². The van der Waals surface area contributed by atoms with Crippen molar-refractivity contribution in [1.82, 2.24) is 10.2 Å². The van der Waals surface area contributed by atoms with Crippen LogP contribution in [0.4, 0.5) is 10.1 Å². The Labute approximate surface area is 216 Å². The Kier molecular flexibility index (Phi) is 10.8. The molecule has 2 aromatic carbocycles. The first-order valence-electron chi connectivity index (χ1n) is 11.2. The summed E-state index contributed by atoms with van der Waals surface area (Å²) in [6, 6.07) is 9.68. The quantitative estimate of drug-likeness (QED) is 0.421. The Balaban J connectivity index is 2.22. The van der Waals surface area contributed by atoms with Crippen molar-refractivity contribution in [3.8, 4) is 0 Å². The standard InChI is InChI=1S/C24H30Cl2FN3O4S/c1-4-14-28-24(32)17(2)29(16-18-19(25)9-7-10-20(18)26)23(31)13-8-15-30(35(3,33)34)22-12-6-5-11-21(22)27/h5-7,9-12,17H,4,8,13-16H2,1-3H3,(H,28,32). The van der Waals surface area contributed by atoms with E-state index in [9.17, 15) is 22.4 Å². The van der Waals surface area contributed by atoms with Crippen molar-refractivity contribution >= 4 is 50.7 Å². The van der Waals surface area contributed by atoms with E-state index in [0.717, 1.165) is 17.0 Å².